The Kier molecular flexibility index (Phi) is 5.50. The van der Waals surface area contributed by atoms with Crippen molar-refractivity contribution in [1.29, 1.82) is 0 Å². The molecule has 3 aromatic rings. The number of aryl methyl sites for hydroxylation is 1. The van der Waals surface area contributed by atoms with Crippen LogP contribution in [0.1, 0.15) is 36.2 Å². The molecule has 1 aromatic heterocycles. The number of rotatable bonds is 5. The summed E-state index contributed by atoms with van der Waals surface area (Å²) in [7, 11) is 1.50. The van der Waals surface area contributed by atoms with Gasteiger partial charge in [-0.3, -0.25) is 9.59 Å². The molecule has 1 aliphatic heterocycles. The molecule has 0 saturated carbocycles. The Bertz CT molecular complexity index is 1230. The van der Waals surface area contributed by atoms with E-state index in [1.165, 1.54) is 12.0 Å². The summed E-state index contributed by atoms with van der Waals surface area (Å²) in [4.78, 5) is 31.0. The van der Waals surface area contributed by atoms with Crippen LogP contribution in [0, 0.1) is 6.92 Å². The number of amides is 1. The first-order valence-corrected chi connectivity index (χ1v) is 10.5. The molecular weight excluding hydrogens is 416 g/mol. The number of likely N-dealkylation sites (tertiary alicyclic amines) is 1. The van der Waals surface area contributed by atoms with Crippen molar-refractivity contribution in [3.05, 3.63) is 69.9 Å². The van der Waals surface area contributed by atoms with Crippen LogP contribution in [0.25, 0.3) is 16.7 Å². The second-order valence-electron chi connectivity index (χ2n) is 7.55. The Morgan fingerprint density at radius 2 is 1.97 bits per heavy atom. The summed E-state index contributed by atoms with van der Waals surface area (Å²) in [6, 6.07) is 11.8. The van der Waals surface area contributed by atoms with Crippen LogP contribution in [-0.4, -0.2) is 40.3 Å². The number of carbonyl (C=O) groups excluding carboxylic acids is 2. The largest absolute Gasteiger partial charge is 0.507 e. The van der Waals surface area contributed by atoms with Crippen LogP contribution in [-0.2, 0) is 9.59 Å². The zero-order valence-electron chi connectivity index (χ0n) is 17.5. The average Bonchev–Trinajstić information content (AvgIpc) is 3.21. The minimum absolute atomic E-state index is 0.0291. The van der Waals surface area contributed by atoms with Gasteiger partial charge in [0.05, 0.1) is 23.7 Å². The number of aromatic nitrogens is 1. The number of para-hydroxylation sites is 1. The summed E-state index contributed by atoms with van der Waals surface area (Å²) in [5.74, 6) is -1.18. The highest BCUT2D eigenvalue weighted by Crippen LogP contribution is 2.44. The van der Waals surface area contributed by atoms with Gasteiger partial charge >= 0.3 is 0 Å². The fourth-order valence-corrected chi connectivity index (χ4v) is 4.47. The summed E-state index contributed by atoms with van der Waals surface area (Å²) < 4.78 is 5.25. The van der Waals surface area contributed by atoms with Crippen LogP contribution in [0.4, 0.5) is 0 Å². The fourth-order valence-electron chi connectivity index (χ4n) is 4.26. The molecule has 1 aliphatic rings. The van der Waals surface area contributed by atoms with Gasteiger partial charge in [0.2, 0.25) is 0 Å². The molecule has 1 fully saturated rings. The first kappa shape index (κ1) is 21.0. The Morgan fingerprint density at radius 3 is 2.68 bits per heavy atom. The van der Waals surface area contributed by atoms with Gasteiger partial charge < -0.3 is 19.7 Å². The van der Waals surface area contributed by atoms with E-state index in [2.05, 4.69) is 4.98 Å². The number of carbonyl (C=O) groups is 2. The van der Waals surface area contributed by atoms with E-state index in [9.17, 15) is 14.7 Å². The molecule has 4 rings (SSSR count). The Labute approximate surface area is 185 Å². The third kappa shape index (κ3) is 3.37. The summed E-state index contributed by atoms with van der Waals surface area (Å²) in [6.07, 6.45) is 0.672. The van der Waals surface area contributed by atoms with Crippen LogP contribution in [0.5, 0.6) is 5.75 Å². The van der Waals surface area contributed by atoms with Crippen molar-refractivity contribution < 1.29 is 19.4 Å². The first-order valence-electron chi connectivity index (χ1n) is 10.1. The van der Waals surface area contributed by atoms with E-state index in [-0.39, 0.29) is 21.9 Å². The van der Waals surface area contributed by atoms with Crippen molar-refractivity contribution in [3.63, 3.8) is 0 Å². The van der Waals surface area contributed by atoms with E-state index in [0.717, 1.165) is 22.2 Å². The van der Waals surface area contributed by atoms with Crippen molar-refractivity contribution in [2.45, 2.75) is 26.3 Å². The molecule has 160 valence electrons. The number of aromatic amines is 1. The normalized spacial score (nSPS) is 18.2. The molecule has 0 bridgehead atoms. The topological polar surface area (TPSA) is 82.6 Å². The van der Waals surface area contributed by atoms with Crippen LogP contribution in [0.3, 0.4) is 0 Å². The molecule has 1 saturated heterocycles. The number of fused-ring (bicyclic) bond motifs is 1. The maximum Gasteiger partial charge on any atom is 0.295 e. The summed E-state index contributed by atoms with van der Waals surface area (Å²) in [6.45, 7) is 4.23. The second-order valence-corrected chi connectivity index (χ2v) is 7.95. The highest BCUT2D eigenvalue weighted by Gasteiger charge is 2.47. The van der Waals surface area contributed by atoms with Gasteiger partial charge in [0, 0.05) is 34.3 Å². The van der Waals surface area contributed by atoms with Gasteiger partial charge in [0.15, 0.2) is 0 Å². The van der Waals surface area contributed by atoms with Crippen molar-refractivity contribution in [2.75, 3.05) is 13.7 Å². The monoisotopic (exact) mass is 438 g/mol. The Hall–Kier alpha value is -3.25. The number of H-pyrrole nitrogens is 1. The fraction of sp³-hybridized carbons (Fsp3) is 0.250. The van der Waals surface area contributed by atoms with E-state index in [4.69, 9.17) is 16.3 Å². The first-order chi connectivity index (χ1) is 14.9. The number of halogens is 1. The number of nitrogens with zero attached hydrogens (tertiary/aromatic N) is 1. The molecule has 1 amide bonds. The van der Waals surface area contributed by atoms with Crippen LogP contribution in [0.2, 0.25) is 5.02 Å². The number of Topliss-reactive ketones (excluding diaryl/α,β-unsaturated/α-hetero) is 1. The molecule has 0 spiro atoms. The zero-order valence-corrected chi connectivity index (χ0v) is 18.3. The minimum Gasteiger partial charge on any atom is -0.507 e. The van der Waals surface area contributed by atoms with E-state index >= 15 is 0 Å². The lowest BCUT2D eigenvalue weighted by molar-refractivity contribution is -0.139. The van der Waals surface area contributed by atoms with Gasteiger partial charge in [-0.25, -0.2) is 0 Å². The number of hydrogen-bond acceptors (Lipinski definition) is 4. The van der Waals surface area contributed by atoms with Crippen molar-refractivity contribution in [2.24, 2.45) is 0 Å². The summed E-state index contributed by atoms with van der Waals surface area (Å²) in [5, 5.41) is 12.4. The number of ketones is 1. The molecule has 0 aliphatic carbocycles. The SMILES string of the molecule is CCCN1C(=O)C(=O)/C(=C(/O)c2cc(OC)ccc2Cl)C1c1c(C)[nH]c2ccccc12. The quantitative estimate of drug-likeness (QED) is 0.334. The summed E-state index contributed by atoms with van der Waals surface area (Å²) >= 11 is 6.34. The molecule has 31 heavy (non-hydrogen) atoms. The molecule has 0 radical (unpaired) electrons. The van der Waals surface area contributed by atoms with Crippen molar-refractivity contribution in [3.8, 4) is 5.75 Å². The predicted molar refractivity (Wildman–Crippen MR) is 120 cm³/mol. The van der Waals surface area contributed by atoms with E-state index in [0.29, 0.717) is 18.7 Å². The highest BCUT2D eigenvalue weighted by atomic mass is 35.5. The average molecular weight is 439 g/mol. The third-order valence-corrected chi connectivity index (χ3v) is 5.98. The molecule has 1 unspecified atom stereocenters. The second kappa shape index (κ2) is 8.12. The van der Waals surface area contributed by atoms with Crippen LogP contribution in [0.15, 0.2) is 48.0 Å². The van der Waals surface area contributed by atoms with Crippen molar-refractivity contribution in [1.82, 2.24) is 9.88 Å². The number of methoxy groups -OCH3 is 1. The number of ether oxygens (including phenoxy) is 1. The van der Waals surface area contributed by atoms with E-state index in [1.54, 1.807) is 18.2 Å². The smallest absolute Gasteiger partial charge is 0.295 e. The molecule has 1 atom stereocenters. The molecule has 6 nitrogen and oxygen atoms in total. The molecule has 7 heteroatoms. The highest BCUT2D eigenvalue weighted by molar-refractivity contribution is 6.47. The van der Waals surface area contributed by atoms with Gasteiger partial charge in [-0.2, -0.15) is 0 Å². The Morgan fingerprint density at radius 1 is 1.23 bits per heavy atom. The maximum absolute atomic E-state index is 13.1. The van der Waals surface area contributed by atoms with Gasteiger partial charge in [-0.15, -0.1) is 0 Å². The molecule has 2 heterocycles. The standard InChI is InChI=1S/C24H23ClN2O4/c1-4-11-27-21(19-13(2)26-18-8-6-5-7-15(18)19)20(23(29)24(27)30)22(28)16-12-14(31-3)9-10-17(16)25/h5-10,12,21,26,28H,4,11H2,1-3H3/b22-20+. The lowest BCUT2D eigenvalue weighted by atomic mass is 9.93. The molecular formula is C24H23ClN2O4. The molecule has 2 N–H and O–H groups in total. The lowest BCUT2D eigenvalue weighted by Crippen LogP contribution is -2.30. The minimum atomic E-state index is -0.724. The van der Waals surface area contributed by atoms with Gasteiger partial charge in [-0.05, 0) is 37.6 Å². The van der Waals surface area contributed by atoms with E-state index in [1.807, 2.05) is 38.1 Å². The van der Waals surface area contributed by atoms with Gasteiger partial charge in [-0.1, -0.05) is 36.7 Å². The lowest BCUT2D eigenvalue weighted by Gasteiger charge is -2.25. The van der Waals surface area contributed by atoms with Crippen LogP contribution >= 0.6 is 11.6 Å². The number of aliphatic hydroxyl groups is 1. The number of nitrogens with one attached hydrogen (secondary N) is 1. The predicted octanol–water partition coefficient (Wildman–Crippen LogP) is 4.97. The third-order valence-electron chi connectivity index (χ3n) is 5.65. The van der Waals surface area contributed by atoms with Crippen molar-refractivity contribution >= 4 is 40.0 Å². The maximum atomic E-state index is 13.1. The summed E-state index contributed by atoms with van der Waals surface area (Å²) in [5.41, 5.74) is 2.80. The Balaban J connectivity index is 2.01. The number of benzene rings is 2. The van der Waals surface area contributed by atoms with E-state index < -0.39 is 17.7 Å². The molecule has 2 aromatic carbocycles. The zero-order chi connectivity index (χ0) is 22.3. The van der Waals surface area contributed by atoms with Gasteiger partial charge in [0.25, 0.3) is 11.7 Å². The van der Waals surface area contributed by atoms with Gasteiger partial charge in [0.1, 0.15) is 11.5 Å². The van der Waals surface area contributed by atoms with Crippen LogP contribution < -0.4 is 4.74 Å². The number of aliphatic hydroxyl groups excluding tert-OH is 1. The number of hydrogen-bond donors (Lipinski definition) is 2.